The highest BCUT2D eigenvalue weighted by Crippen LogP contribution is 2.41. The Kier molecular flexibility index (Phi) is 3.92. The highest BCUT2D eigenvalue weighted by atomic mass is 16.4. The first-order chi connectivity index (χ1) is 6.92. The van der Waals surface area contributed by atoms with Crippen LogP contribution in [0.1, 0.15) is 51.4 Å². The van der Waals surface area contributed by atoms with Crippen molar-refractivity contribution in [3.05, 3.63) is 0 Å². The first-order valence-electron chi connectivity index (χ1n) is 6.23. The summed E-state index contributed by atoms with van der Waals surface area (Å²) in [5.41, 5.74) is 0. The van der Waals surface area contributed by atoms with E-state index < -0.39 is 0 Å². The summed E-state index contributed by atoms with van der Waals surface area (Å²) in [6.07, 6.45) is 11.4. The van der Waals surface area contributed by atoms with Gasteiger partial charge >= 0.3 is 0 Å². The van der Waals surface area contributed by atoms with Crippen molar-refractivity contribution >= 4 is 8.05 Å². The van der Waals surface area contributed by atoms with E-state index in [-0.39, 0.29) is 0 Å². The van der Waals surface area contributed by atoms with Crippen LogP contribution in [0.25, 0.3) is 0 Å². The molecule has 0 saturated heterocycles. The number of hydrogen-bond donors (Lipinski definition) is 0. The largest absolute Gasteiger partial charge is 0.447 e. The SMILES string of the molecule is [B]OCC(C1CCCC1)C1CCCC1. The molecule has 2 fully saturated rings. The van der Waals surface area contributed by atoms with Gasteiger partial charge in [0.05, 0.1) is 0 Å². The van der Waals surface area contributed by atoms with Gasteiger partial charge in [0.2, 0.25) is 0 Å². The summed E-state index contributed by atoms with van der Waals surface area (Å²) in [4.78, 5) is 0. The molecular weight excluding hydrogens is 171 g/mol. The molecule has 14 heavy (non-hydrogen) atoms. The molecule has 2 heteroatoms. The van der Waals surface area contributed by atoms with E-state index in [9.17, 15) is 0 Å². The van der Waals surface area contributed by atoms with Gasteiger partial charge in [-0.05, 0) is 17.8 Å². The van der Waals surface area contributed by atoms with Crippen LogP contribution in [0.5, 0.6) is 0 Å². The Morgan fingerprint density at radius 2 is 1.36 bits per heavy atom. The highest BCUT2D eigenvalue weighted by Gasteiger charge is 2.32. The molecule has 0 aromatic heterocycles. The lowest BCUT2D eigenvalue weighted by Gasteiger charge is -2.28. The van der Waals surface area contributed by atoms with Crippen LogP contribution in [0.3, 0.4) is 0 Å². The van der Waals surface area contributed by atoms with Gasteiger partial charge in [0.15, 0.2) is 0 Å². The topological polar surface area (TPSA) is 9.23 Å². The maximum atomic E-state index is 5.26. The summed E-state index contributed by atoms with van der Waals surface area (Å²) in [7, 11) is 5.26. The van der Waals surface area contributed by atoms with Gasteiger partial charge in [0.1, 0.15) is 0 Å². The van der Waals surface area contributed by atoms with Crippen molar-refractivity contribution in [2.45, 2.75) is 51.4 Å². The molecule has 2 saturated carbocycles. The molecule has 2 radical (unpaired) electrons. The van der Waals surface area contributed by atoms with Crippen molar-refractivity contribution < 1.29 is 4.65 Å². The standard InChI is InChI=1S/C12H21BO/c13-14-9-12(10-5-1-2-6-10)11-7-3-4-8-11/h10-12H,1-9H2. The van der Waals surface area contributed by atoms with Crippen LogP contribution in [0.2, 0.25) is 0 Å². The van der Waals surface area contributed by atoms with E-state index in [1.54, 1.807) is 0 Å². The Bertz CT molecular complexity index is 144. The second-order valence-electron chi connectivity index (χ2n) is 5.09. The van der Waals surface area contributed by atoms with Gasteiger partial charge in [-0.15, -0.1) is 0 Å². The lowest BCUT2D eigenvalue weighted by molar-refractivity contribution is 0.146. The maximum Gasteiger partial charge on any atom is 0.282 e. The van der Waals surface area contributed by atoms with Gasteiger partial charge in [-0.25, -0.2) is 0 Å². The Labute approximate surface area is 89.0 Å². The van der Waals surface area contributed by atoms with Crippen molar-refractivity contribution in [2.24, 2.45) is 17.8 Å². The first kappa shape index (κ1) is 10.5. The van der Waals surface area contributed by atoms with Gasteiger partial charge in [-0.1, -0.05) is 51.4 Å². The second-order valence-corrected chi connectivity index (χ2v) is 5.09. The van der Waals surface area contributed by atoms with E-state index in [1.807, 2.05) is 0 Å². The Morgan fingerprint density at radius 1 is 0.929 bits per heavy atom. The monoisotopic (exact) mass is 192 g/mol. The minimum absolute atomic E-state index is 0.769. The molecule has 0 N–H and O–H groups in total. The van der Waals surface area contributed by atoms with Crippen molar-refractivity contribution in [2.75, 3.05) is 6.61 Å². The lowest BCUT2D eigenvalue weighted by Crippen LogP contribution is -2.24. The summed E-state index contributed by atoms with van der Waals surface area (Å²) in [5, 5.41) is 0. The van der Waals surface area contributed by atoms with Gasteiger partial charge in [0, 0.05) is 6.61 Å². The minimum atomic E-state index is 0.769. The van der Waals surface area contributed by atoms with Crippen LogP contribution in [0.15, 0.2) is 0 Å². The highest BCUT2D eigenvalue weighted by molar-refractivity contribution is 5.97. The summed E-state index contributed by atoms with van der Waals surface area (Å²) < 4.78 is 4.93. The van der Waals surface area contributed by atoms with Gasteiger partial charge in [0.25, 0.3) is 8.05 Å². The molecule has 78 valence electrons. The normalized spacial score (nSPS) is 25.2. The Balaban J connectivity index is 1.91. The fraction of sp³-hybridized carbons (Fsp3) is 1.00. The maximum absolute atomic E-state index is 5.26. The molecule has 1 nitrogen and oxygen atoms in total. The first-order valence-corrected chi connectivity index (χ1v) is 6.23. The Morgan fingerprint density at radius 3 is 1.71 bits per heavy atom. The molecule has 0 aromatic carbocycles. The quantitative estimate of drug-likeness (QED) is 0.622. The van der Waals surface area contributed by atoms with Crippen molar-refractivity contribution in [3.8, 4) is 0 Å². The third-order valence-corrected chi connectivity index (χ3v) is 4.30. The average molecular weight is 192 g/mol. The predicted molar refractivity (Wildman–Crippen MR) is 59.1 cm³/mol. The van der Waals surface area contributed by atoms with Crippen molar-refractivity contribution in [1.82, 2.24) is 0 Å². The van der Waals surface area contributed by atoms with E-state index in [0.29, 0.717) is 0 Å². The van der Waals surface area contributed by atoms with E-state index in [1.165, 1.54) is 51.4 Å². The third-order valence-electron chi connectivity index (χ3n) is 4.30. The molecule has 0 bridgehead atoms. The zero-order valence-electron chi connectivity index (χ0n) is 9.08. The summed E-state index contributed by atoms with van der Waals surface area (Å²) in [6, 6.07) is 0. The number of hydrogen-bond acceptors (Lipinski definition) is 1. The van der Waals surface area contributed by atoms with Crippen LogP contribution >= 0.6 is 0 Å². The molecule has 0 aliphatic heterocycles. The van der Waals surface area contributed by atoms with Crippen LogP contribution in [-0.2, 0) is 4.65 Å². The molecule has 2 rings (SSSR count). The smallest absolute Gasteiger partial charge is 0.282 e. The summed E-state index contributed by atoms with van der Waals surface area (Å²) in [6.45, 7) is 0.801. The average Bonchev–Trinajstić information content (AvgIpc) is 2.87. The molecule has 2 aliphatic rings. The molecular formula is C12H21BO. The van der Waals surface area contributed by atoms with Crippen LogP contribution in [-0.4, -0.2) is 14.7 Å². The molecule has 0 spiro atoms. The van der Waals surface area contributed by atoms with E-state index in [2.05, 4.69) is 0 Å². The van der Waals surface area contributed by atoms with Crippen LogP contribution in [0, 0.1) is 17.8 Å². The van der Waals surface area contributed by atoms with Gasteiger partial charge in [-0.2, -0.15) is 0 Å². The fourth-order valence-electron chi connectivity index (χ4n) is 3.54. The minimum Gasteiger partial charge on any atom is -0.447 e. The molecule has 2 aliphatic carbocycles. The zero-order chi connectivity index (χ0) is 9.80. The number of rotatable bonds is 4. The molecule has 0 unspecified atom stereocenters. The van der Waals surface area contributed by atoms with Crippen LogP contribution in [0.4, 0.5) is 0 Å². The van der Waals surface area contributed by atoms with Crippen molar-refractivity contribution in [1.29, 1.82) is 0 Å². The molecule has 0 aromatic rings. The van der Waals surface area contributed by atoms with Crippen molar-refractivity contribution in [3.63, 3.8) is 0 Å². The zero-order valence-corrected chi connectivity index (χ0v) is 9.08. The molecule has 0 heterocycles. The molecule has 0 atom stereocenters. The Hall–Kier alpha value is 0.0249. The van der Waals surface area contributed by atoms with E-state index >= 15 is 0 Å². The van der Waals surface area contributed by atoms with E-state index in [4.69, 9.17) is 12.7 Å². The lowest BCUT2D eigenvalue weighted by atomic mass is 9.80. The summed E-state index contributed by atoms with van der Waals surface area (Å²) >= 11 is 0. The third kappa shape index (κ3) is 2.33. The molecule has 0 amide bonds. The van der Waals surface area contributed by atoms with Gasteiger partial charge in [-0.3, -0.25) is 0 Å². The predicted octanol–water partition coefficient (Wildman–Crippen LogP) is 3.08. The van der Waals surface area contributed by atoms with Gasteiger partial charge < -0.3 is 4.65 Å². The summed E-state index contributed by atoms with van der Waals surface area (Å²) in [5.74, 6) is 2.60. The fourth-order valence-corrected chi connectivity index (χ4v) is 3.54. The van der Waals surface area contributed by atoms with E-state index in [0.717, 1.165) is 24.4 Å². The second kappa shape index (κ2) is 5.20. The van der Waals surface area contributed by atoms with Crippen LogP contribution < -0.4 is 0 Å².